The Kier molecular flexibility index (Phi) is 6.94. The van der Waals surface area contributed by atoms with Gasteiger partial charge >= 0.3 is 0 Å². The third-order valence-corrected chi connectivity index (χ3v) is 2.94. The average Bonchev–Trinajstić information content (AvgIpc) is 2.35. The number of benzene rings is 1. The predicted octanol–water partition coefficient (Wildman–Crippen LogP) is 1.98. The van der Waals surface area contributed by atoms with Gasteiger partial charge in [0.2, 0.25) is 0 Å². The van der Waals surface area contributed by atoms with Crippen molar-refractivity contribution >= 4 is 0 Å². The highest BCUT2D eigenvalue weighted by molar-refractivity contribution is 5.16. The first-order valence-electron chi connectivity index (χ1n) is 6.65. The average molecular weight is 251 g/mol. The maximum absolute atomic E-state index is 9.89. The van der Waals surface area contributed by atoms with Gasteiger partial charge in [0.05, 0.1) is 12.7 Å². The van der Waals surface area contributed by atoms with Crippen molar-refractivity contribution in [2.45, 2.75) is 38.8 Å². The summed E-state index contributed by atoms with van der Waals surface area (Å²) >= 11 is 0. The van der Waals surface area contributed by atoms with Gasteiger partial charge in [0.1, 0.15) is 0 Å². The molecule has 0 saturated heterocycles. The van der Waals surface area contributed by atoms with Crippen molar-refractivity contribution in [1.82, 2.24) is 0 Å². The fraction of sp³-hybridized carbons (Fsp3) is 0.600. The van der Waals surface area contributed by atoms with E-state index in [0.717, 1.165) is 12.0 Å². The number of ether oxygens (including phenoxy) is 1. The topological polar surface area (TPSA) is 55.5 Å². The summed E-state index contributed by atoms with van der Waals surface area (Å²) in [6.45, 7) is 5.31. The quantitative estimate of drug-likeness (QED) is 0.695. The van der Waals surface area contributed by atoms with Crippen LogP contribution >= 0.6 is 0 Å². The standard InChI is InChI=1S/C15H25NO2/c1-12(2)8-9-18-11-15(17)14(16)10-13-6-4-3-5-7-13/h3-7,12,14-15,17H,8-11,16H2,1-2H3. The largest absolute Gasteiger partial charge is 0.389 e. The summed E-state index contributed by atoms with van der Waals surface area (Å²) in [5.41, 5.74) is 7.11. The van der Waals surface area contributed by atoms with E-state index in [1.165, 1.54) is 0 Å². The minimum atomic E-state index is -0.600. The first kappa shape index (κ1) is 15.2. The molecular formula is C15H25NO2. The first-order chi connectivity index (χ1) is 8.59. The van der Waals surface area contributed by atoms with Crippen LogP contribution < -0.4 is 5.73 Å². The molecule has 3 N–H and O–H groups in total. The second-order valence-corrected chi connectivity index (χ2v) is 5.18. The van der Waals surface area contributed by atoms with E-state index < -0.39 is 6.10 Å². The lowest BCUT2D eigenvalue weighted by Gasteiger charge is -2.19. The van der Waals surface area contributed by atoms with Gasteiger partial charge in [-0.1, -0.05) is 44.2 Å². The van der Waals surface area contributed by atoms with Crippen LogP contribution in [-0.2, 0) is 11.2 Å². The van der Waals surface area contributed by atoms with Crippen LogP contribution in [0.1, 0.15) is 25.8 Å². The Morgan fingerprint density at radius 3 is 2.50 bits per heavy atom. The number of rotatable bonds is 8. The van der Waals surface area contributed by atoms with Gasteiger partial charge in [-0.15, -0.1) is 0 Å². The maximum Gasteiger partial charge on any atom is 0.0927 e. The van der Waals surface area contributed by atoms with E-state index in [9.17, 15) is 5.11 Å². The zero-order chi connectivity index (χ0) is 13.4. The molecule has 2 atom stereocenters. The highest BCUT2D eigenvalue weighted by Crippen LogP contribution is 2.05. The van der Waals surface area contributed by atoms with Gasteiger partial charge in [0.15, 0.2) is 0 Å². The Balaban J connectivity index is 2.22. The second-order valence-electron chi connectivity index (χ2n) is 5.18. The van der Waals surface area contributed by atoms with Gasteiger partial charge in [0, 0.05) is 12.6 Å². The number of aliphatic hydroxyl groups is 1. The van der Waals surface area contributed by atoms with Gasteiger partial charge in [-0.05, 0) is 24.3 Å². The molecule has 0 radical (unpaired) electrons. The summed E-state index contributed by atoms with van der Waals surface area (Å²) in [7, 11) is 0. The molecule has 0 aromatic heterocycles. The van der Waals surface area contributed by atoms with Gasteiger partial charge in [-0.2, -0.15) is 0 Å². The summed E-state index contributed by atoms with van der Waals surface area (Å²) in [5.74, 6) is 0.625. The molecule has 0 fully saturated rings. The zero-order valence-electron chi connectivity index (χ0n) is 11.4. The molecule has 0 bridgehead atoms. The summed E-state index contributed by atoms with van der Waals surface area (Å²) in [6, 6.07) is 9.70. The lowest BCUT2D eigenvalue weighted by molar-refractivity contribution is 0.0200. The van der Waals surface area contributed by atoms with Crippen molar-refractivity contribution in [3.63, 3.8) is 0 Å². The van der Waals surface area contributed by atoms with Crippen LogP contribution in [0.4, 0.5) is 0 Å². The predicted molar refractivity (Wildman–Crippen MR) is 74.4 cm³/mol. The minimum absolute atomic E-state index is 0.272. The maximum atomic E-state index is 9.89. The summed E-state index contributed by atoms with van der Waals surface area (Å²) in [5, 5.41) is 9.89. The van der Waals surface area contributed by atoms with Crippen LogP contribution in [0.3, 0.4) is 0 Å². The van der Waals surface area contributed by atoms with E-state index in [1.54, 1.807) is 0 Å². The molecule has 0 amide bonds. The van der Waals surface area contributed by atoms with Gasteiger partial charge in [0.25, 0.3) is 0 Å². The number of aliphatic hydroxyl groups excluding tert-OH is 1. The summed E-state index contributed by atoms with van der Waals surface area (Å²) in [4.78, 5) is 0. The Bertz CT molecular complexity index is 314. The first-order valence-corrected chi connectivity index (χ1v) is 6.65. The van der Waals surface area contributed by atoms with Crippen LogP contribution in [0, 0.1) is 5.92 Å². The smallest absolute Gasteiger partial charge is 0.0927 e. The third kappa shape index (κ3) is 6.15. The van der Waals surface area contributed by atoms with Crippen molar-refractivity contribution < 1.29 is 9.84 Å². The Morgan fingerprint density at radius 2 is 1.89 bits per heavy atom. The molecule has 3 nitrogen and oxygen atoms in total. The van der Waals surface area contributed by atoms with E-state index in [0.29, 0.717) is 25.6 Å². The molecular weight excluding hydrogens is 226 g/mol. The number of hydrogen-bond donors (Lipinski definition) is 2. The third-order valence-electron chi connectivity index (χ3n) is 2.94. The Hall–Kier alpha value is -0.900. The Labute approximate surface area is 110 Å². The van der Waals surface area contributed by atoms with Crippen molar-refractivity contribution in [2.75, 3.05) is 13.2 Å². The monoisotopic (exact) mass is 251 g/mol. The SMILES string of the molecule is CC(C)CCOCC(O)C(N)Cc1ccccc1. The van der Waals surface area contributed by atoms with E-state index in [1.807, 2.05) is 30.3 Å². The van der Waals surface area contributed by atoms with Crippen LogP contribution in [-0.4, -0.2) is 30.5 Å². The summed E-state index contributed by atoms with van der Waals surface area (Å²) < 4.78 is 5.44. The molecule has 0 saturated carbocycles. The molecule has 1 aromatic carbocycles. The molecule has 18 heavy (non-hydrogen) atoms. The van der Waals surface area contributed by atoms with Crippen molar-refractivity contribution in [3.8, 4) is 0 Å². The van der Waals surface area contributed by atoms with E-state index in [-0.39, 0.29) is 6.04 Å². The van der Waals surface area contributed by atoms with Crippen LogP contribution in [0.5, 0.6) is 0 Å². The molecule has 0 spiro atoms. The zero-order valence-corrected chi connectivity index (χ0v) is 11.4. The Morgan fingerprint density at radius 1 is 1.22 bits per heavy atom. The normalized spacial score (nSPS) is 14.7. The van der Waals surface area contributed by atoms with Gasteiger partial charge in [-0.3, -0.25) is 0 Å². The lowest BCUT2D eigenvalue weighted by atomic mass is 10.0. The van der Waals surface area contributed by atoms with Crippen LogP contribution in [0.25, 0.3) is 0 Å². The van der Waals surface area contributed by atoms with Crippen molar-refractivity contribution in [1.29, 1.82) is 0 Å². The highest BCUT2D eigenvalue weighted by atomic mass is 16.5. The van der Waals surface area contributed by atoms with Gasteiger partial charge < -0.3 is 15.6 Å². The van der Waals surface area contributed by atoms with E-state index in [4.69, 9.17) is 10.5 Å². The lowest BCUT2D eigenvalue weighted by Crippen LogP contribution is -2.39. The molecule has 1 rings (SSSR count). The molecule has 0 aliphatic heterocycles. The molecule has 102 valence electrons. The highest BCUT2D eigenvalue weighted by Gasteiger charge is 2.15. The van der Waals surface area contributed by atoms with Crippen molar-refractivity contribution in [3.05, 3.63) is 35.9 Å². The minimum Gasteiger partial charge on any atom is -0.389 e. The van der Waals surface area contributed by atoms with E-state index >= 15 is 0 Å². The van der Waals surface area contributed by atoms with Gasteiger partial charge in [-0.25, -0.2) is 0 Å². The molecule has 3 heteroatoms. The summed E-state index contributed by atoms with van der Waals surface area (Å²) in [6.07, 6.45) is 1.09. The molecule has 1 aromatic rings. The fourth-order valence-electron chi connectivity index (χ4n) is 1.67. The number of hydrogen-bond acceptors (Lipinski definition) is 3. The fourth-order valence-corrected chi connectivity index (χ4v) is 1.67. The molecule has 2 unspecified atom stereocenters. The second kappa shape index (κ2) is 8.25. The van der Waals surface area contributed by atoms with E-state index in [2.05, 4.69) is 13.8 Å². The number of nitrogens with two attached hydrogens (primary N) is 1. The molecule has 0 aliphatic carbocycles. The van der Waals surface area contributed by atoms with Crippen molar-refractivity contribution in [2.24, 2.45) is 11.7 Å². The van der Waals surface area contributed by atoms with Crippen LogP contribution in [0.15, 0.2) is 30.3 Å². The molecule has 0 aliphatic rings. The molecule has 0 heterocycles. The van der Waals surface area contributed by atoms with Crippen LogP contribution in [0.2, 0.25) is 0 Å².